The normalized spacial score (nSPS) is 18.7. The highest BCUT2D eigenvalue weighted by Gasteiger charge is 2.30. The number of halogens is 3. The Balaban J connectivity index is 1.25. The van der Waals surface area contributed by atoms with E-state index < -0.39 is 11.7 Å². The van der Waals surface area contributed by atoms with Gasteiger partial charge in [0.15, 0.2) is 0 Å². The number of nitrogens with zero attached hydrogens (tertiary/aromatic N) is 3. The van der Waals surface area contributed by atoms with Crippen LogP contribution in [-0.4, -0.2) is 32.8 Å². The zero-order chi connectivity index (χ0) is 24.3. The third-order valence-corrected chi connectivity index (χ3v) is 6.56. The first-order valence-corrected chi connectivity index (χ1v) is 11.5. The largest absolute Gasteiger partial charge is 0.416 e. The first kappa shape index (κ1) is 24.0. The number of alkyl halides is 3. The zero-order valence-corrected chi connectivity index (χ0v) is 19.3. The molecule has 1 aliphatic carbocycles. The van der Waals surface area contributed by atoms with Gasteiger partial charge >= 0.3 is 6.18 Å². The molecule has 1 fully saturated rings. The number of aryl methyl sites for hydroxylation is 1. The number of aromatic nitrogens is 4. The predicted molar refractivity (Wildman–Crippen MR) is 126 cm³/mol. The van der Waals surface area contributed by atoms with Crippen LogP contribution in [0.3, 0.4) is 0 Å². The fourth-order valence-corrected chi connectivity index (χ4v) is 4.34. The molecular weight excluding hydrogens is 443 g/mol. The summed E-state index contributed by atoms with van der Waals surface area (Å²) < 4.78 is 38.5. The van der Waals surface area contributed by atoms with Crippen molar-refractivity contribution in [3.8, 4) is 11.3 Å². The van der Waals surface area contributed by atoms with Crippen molar-refractivity contribution in [3.63, 3.8) is 0 Å². The molecule has 0 unspecified atom stereocenters. The molecule has 182 valence electrons. The van der Waals surface area contributed by atoms with Crippen molar-refractivity contribution in [3.05, 3.63) is 52.8 Å². The van der Waals surface area contributed by atoms with Crippen molar-refractivity contribution < 1.29 is 13.2 Å². The smallest absolute Gasteiger partial charge is 0.383 e. The van der Waals surface area contributed by atoms with Crippen molar-refractivity contribution in [1.29, 1.82) is 0 Å². The Morgan fingerprint density at radius 3 is 2.41 bits per heavy atom. The van der Waals surface area contributed by atoms with Crippen molar-refractivity contribution >= 4 is 11.8 Å². The second-order valence-corrected chi connectivity index (χ2v) is 8.97. The number of H-pyrrole nitrogens is 1. The van der Waals surface area contributed by atoms with Gasteiger partial charge in [-0.2, -0.15) is 23.3 Å². The standard InChI is InChI=1S/C24H30F3N7/c1-14-15(2)31-23(33-22(14)28)32-20-9-3-16(4-10-20)11-29-12-18-13-30-34-21(18)17-5-7-19(8-6-17)24(25,26)27/h5-8,13,16,20,29H,3-4,9-12H2,1-2H3,(H,30,34)(H3,28,31,32,33)/t16-,20+. The third kappa shape index (κ3) is 5.67. The molecule has 34 heavy (non-hydrogen) atoms. The van der Waals surface area contributed by atoms with Gasteiger partial charge in [0.2, 0.25) is 5.95 Å². The van der Waals surface area contributed by atoms with Crippen molar-refractivity contribution in [2.75, 3.05) is 17.6 Å². The number of rotatable bonds is 7. The fourth-order valence-electron chi connectivity index (χ4n) is 4.34. The minimum Gasteiger partial charge on any atom is -0.383 e. The number of hydrogen-bond donors (Lipinski definition) is 4. The van der Waals surface area contributed by atoms with E-state index in [4.69, 9.17) is 5.73 Å². The van der Waals surface area contributed by atoms with Gasteiger partial charge in [0.25, 0.3) is 0 Å². The Bertz CT molecular complexity index is 1080. The summed E-state index contributed by atoms with van der Waals surface area (Å²) in [6, 6.07) is 5.43. The highest BCUT2D eigenvalue weighted by atomic mass is 19.4. The Kier molecular flexibility index (Phi) is 7.06. The van der Waals surface area contributed by atoms with Gasteiger partial charge < -0.3 is 16.4 Å². The lowest BCUT2D eigenvalue weighted by Gasteiger charge is -2.29. The predicted octanol–water partition coefficient (Wildman–Crippen LogP) is 4.85. The molecule has 3 aromatic rings. The SMILES string of the molecule is Cc1nc(N[C@H]2CC[C@@H](CNCc3c[nH]nc3-c3ccc(C(F)(F)F)cc3)CC2)nc(N)c1C. The Morgan fingerprint density at radius 2 is 1.76 bits per heavy atom. The van der Waals surface area contributed by atoms with Gasteiger partial charge in [-0.1, -0.05) is 12.1 Å². The molecular formula is C24H30F3N7. The summed E-state index contributed by atoms with van der Waals surface area (Å²) in [4.78, 5) is 8.85. The molecule has 7 nitrogen and oxygen atoms in total. The van der Waals surface area contributed by atoms with Crippen LogP contribution >= 0.6 is 0 Å². The van der Waals surface area contributed by atoms with E-state index in [2.05, 4.69) is 30.8 Å². The molecule has 1 aromatic carbocycles. The maximum absolute atomic E-state index is 12.8. The number of nitrogens with one attached hydrogen (secondary N) is 3. The topological polar surface area (TPSA) is 105 Å². The van der Waals surface area contributed by atoms with E-state index in [1.54, 1.807) is 6.20 Å². The molecule has 0 spiro atoms. The number of anilines is 2. The lowest BCUT2D eigenvalue weighted by molar-refractivity contribution is -0.137. The number of hydrogen-bond acceptors (Lipinski definition) is 6. The van der Waals surface area contributed by atoms with E-state index in [1.165, 1.54) is 12.1 Å². The van der Waals surface area contributed by atoms with Crippen molar-refractivity contribution in [2.45, 2.75) is 58.3 Å². The Hall–Kier alpha value is -3.14. The Labute approximate surface area is 196 Å². The van der Waals surface area contributed by atoms with Crippen molar-refractivity contribution in [1.82, 2.24) is 25.5 Å². The molecule has 0 radical (unpaired) electrons. The van der Waals surface area contributed by atoms with Gasteiger partial charge in [0.1, 0.15) is 5.82 Å². The van der Waals surface area contributed by atoms with Crippen LogP contribution in [0.15, 0.2) is 30.5 Å². The molecule has 0 bridgehead atoms. The van der Waals surface area contributed by atoms with Gasteiger partial charge in [0.05, 0.1) is 11.3 Å². The molecule has 0 saturated heterocycles. The van der Waals surface area contributed by atoms with Crippen molar-refractivity contribution in [2.24, 2.45) is 5.92 Å². The molecule has 1 aliphatic rings. The number of aromatic amines is 1. The van der Waals surface area contributed by atoms with E-state index in [0.29, 0.717) is 41.5 Å². The summed E-state index contributed by atoms with van der Waals surface area (Å²) in [7, 11) is 0. The summed E-state index contributed by atoms with van der Waals surface area (Å²) in [6.45, 7) is 5.32. The van der Waals surface area contributed by atoms with Gasteiger partial charge in [-0.25, -0.2) is 4.98 Å². The van der Waals surface area contributed by atoms with Gasteiger partial charge in [0, 0.05) is 41.2 Å². The lowest BCUT2D eigenvalue weighted by Crippen LogP contribution is -2.31. The minimum atomic E-state index is -4.34. The van der Waals surface area contributed by atoms with E-state index in [0.717, 1.165) is 61.2 Å². The second kappa shape index (κ2) is 10.0. The molecule has 5 N–H and O–H groups in total. The summed E-state index contributed by atoms with van der Waals surface area (Å²) in [5, 5.41) is 14.0. The molecule has 1 saturated carbocycles. The Morgan fingerprint density at radius 1 is 1.06 bits per heavy atom. The van der Waals surface area contributed by atoms with Crippen LogP contribution in [0.1, 0.15) is 48.1 Å². The quantitative estimate of drug-likeness (QED) is 0.391. The monoisotopic (exact) mass is 473 g/mol. The maximum atomic E-state index is 12.8. The third-order valence-electron chi connectivity index (χ3n) is 6.56. The molecule has 0 aliphatic heterocycles. The van der Waals surface area contributed by atoms with Crippen LogP contribution < -0.4 is 16.4 Å². The van der Waals surface area contributed by atoms with Crippen LogP contribution in [-0.2, 0) is 12.7 Å². The summed E-state index contributed by atoms with van der Waals surface area (Å²) >= 11 is 0. The zero-order valence-electron chi connectivity index (χ0n) is 19.3. The summed E-state index contributed by atoms with van der Waals surface area (Å²) in [6.07, 6.45) is 1.68. The van der Waals surface area contributed by atoms with Crippen LogP contribution in [0, 0.1) is 19.8 Å². The lowest BCUT2D eigenvalue weighted by atomic mass is 9.86. The minimum absolute atomic E-state index is 0.331. The molecule has 2 aromatic heterocycles. The molecule has 0 amide bonds. The van der Waals surface area contributed by atoms with Gasteiger partial charge in [-0.3, -0.25) is 5.10 Å². The molecule has 4 rings (SSSR count). The molecule has 0 atom stereocenters. The maximum Gasteiger partial charge on any atom is 0.416 e. The fraction of sp³-hybridized carbons (Fsp3) is 0.458. The summed E-state index contributed by atoms with van der Waals surface area (Å²) in [5.41, 5.74) is 9.37. The molecule has 2 heterocycles. The van der Waals surface area contributed by atoms with Crippen LogP contribution in [0.2, 0.25) is 0 Å². The average Bonchev–Trinajstić information content (AvgIpc) is 3.27. The first-order chi connectivity index (χ1) is 16.2. The number of nitrogen functional groups attached to an aromatic ring is 1. The first-order valence-electron chi connectivity index (χ1n) is 11.5. The van der Waals surface area contributed by atoms with E-state index in [9.17, 15) is 13.2 Å². The van der Waals surface area contributed by atoms with E-state index in [-0.39, 0.29) is 0 Å². The average molecular weight is 474 g/mol. The number of nitrogens with two attached hydrogens (primary N) is 1. The molecule has 10 heteroatoms. The second-order valence-electron chi connectivity index (χ2n) is 8.97. The van der Waals surface area contributed by atoms with Gasteiger partial charge in [-0.05, 0) is 64.1 Å². The summed E-state index contributed by atoms with van der Waals surface area (Å²) in [5.74, 6) is 1.67. The highest BCUT2D eigenvalue weighted by molar-refractivity contribution is 5.63. The van der Waals surface area contributed by atoms with Gasteiger partial charge in [-0.15, -0.1) is 0 Å². The number of benzene rings is 1. The highest BCUT2D eigenvalue weighted by Crippen LogP contribution is 2.31. The van der Waals surface area contributed by atoms with Crippen LogP contribution in [0.5, 0.6) is 0 Å². The van der Waals surface area contributed by atoms with E-state index >= 15 is 0 Å². The van der Waals surface area contributed by atoms with Crippen LogP contribution in [0.25, 0.3) is 11.3 Å². The van der Waals surface area contributed by atoms with E-state index in [1.807, 2.05) is 13.8 Å². The van der Waals surface area contributed by atoms with Crippen LogP contribution in [0.4, 0.5) is 24.9 Å².